The van der Waals surface area contributed by atoms with Gasteiger partial charge in [-0.25, -0.2) is 15.0 Å². The molecule has 70 heavy (non-hydrogen) atoms. The third-order valence-corrected chi connectivity index (χ3v) is 15.0. The van der Waals surface area contributed by atoms with Crippen LogP contribution in [0.2, 0.25) is 0 Å². The second kappa shape index (κ2) is 15.2. The van der Waals surface area contributed by atoms with Gasteiger partial charge in [0.05, 0.1) is 11.0 Å². The monoisotopic (exact) mass is 912 g/mol. The van der Waals surface area contributed by atoms with Gasteiger partial charge in [-0.2, -0.15) is 0 Å². The molecule has 0 radical (unpaired) electrons. The van der Waals surface area contributed by atoms with Gasteiger partial charge in [0.15, 0.2) is 17.5 Å². The Morgan fingerprint density at radius 1 is 0.329 bits per heavy atom. The lowest BCUT2D eigenvalue weighted by Gasteiger charge is -2.10. The number of thiophene rings is 1. The van der Waals surface area contributed by atoms with Crippen LogP contribution in [-0.4, -0.2) is 19.5 Å². The quantitative estimate of drug-likeness (QED) is 0.166. The minimum absolute atomic E-state index is 0.591. The molecule has 0 aliphatic carbocycles. The van der Waals surface area contributed by atoms with Gasteiger partial charge in [-0.15, -0.1) is 11.3 Å². The molecule has 0 saturated carbocycles. The summed E-state index contributed by atoms with van der Waals surface area (Å²) in [5.74, 6) is 1.83. The molecule has 10 aromatic carbocycles. The highest BCUT2D eigenvalue weighted by molar-refractivity contribution is 7.25. The molecule has 0 bridgehead atoms. The lowest BCUT2D eigenvalue weighted by Crippen LogP contribution is -2.00. The molecule has 0 fully saturated rings. The van der Waals surface area contributed by atoms with Crippen molar-refractivity contribution in [2.24, 2.45) is 0 Å². The first kappa shape index (κ1) is 38.9. The third-order valence-electron chi connectivity index (χ3n) is 13.9. The van der Waals surface area contributed by atoms with Crippen molar-refractivity contribution >= 4 is 97.2 Å². The number of furan rings is 2. The van der Waals surface area contributed by atoms with Crippen molar-refractivity contribution in [3.63, 3.8) is 0 Å². The lowest BCUT2D eigenvalue weighted by atomic mass is 9.99. The van der Waals surface area contributed by atoms with E-state index in [1.165, 1.54) is 30.9 Å². The summed E-state index contributed by atoms with van der Waals surface area (Å²) in [5.41, 5.74) is 13.9. The van der Waals surface area contributed by atoms with Gasteiger partial charge in [0.25, 0.3) is 0 Å². The number of fused-ring (bicyclic) bond motifs is 12. The first-order chi connectivity index (χ1) is 34.7. The maximum Gasteiger partial charge on any atom is 0.164 e. The number of nitrogens with zero attached hydrogens (tertiary/aromatic N) is 4. The van der Waals surface area contributed by atoms with Crippen LogP contribution in [0.25, 0.3) is 148 Å². The van der Waals surface area contributed by atoms with Crippen molar-refractivity contribution in [2.75, 3.05) is 0 Å². The topological polar surface area (TPSA) is 69.9 Å². The van der Waals surface area contributed by atoms with Crippen molar-refractivity contribution in [1.29, 1.82) is 0 Å². The van der Waals surface area contributed by atoms with Crippen molar-refractivity contribution < 1.29 is 8.83 Å². The lowest BCUT2D eigenvalue weighted by molar-refractivity contribution is 0.669. The fourth-order valence-corrected chi connectivity index (χ4v) is 11.7. The van der Waals surface area contributed by atoms with Gasteiger partial charge in [-0.1, -0.05) is 152 Å². The van der Waals surface area contributed by atoms with E-state index in [9.17, 15) is 0 Å². The average molecular weight is 913 g/mol. The molecule has 6 nitrogen and oxygen atoms in total. The fourth-order valence-electron chi connectivity index (χ4n) is 10.6. The minimum Gasteiger partial charge on any atom is -0.456 e. The highest BCUT2D eigenvalue weighted by atomic mass is 32.1. The highest BCUT2D eigenvalue weighted by Crippen LogP contribution is 2.42. The number of hydrogen-bond acceptors (Lipinski definition) is 6. The second-order valence-electron chi connectivity index (χ2n) is 17.9. The molecule has 0 unspecified atom stereocenters. The molecule has 0 amide bonds. The van der Waals surface area contributed by atoms with Gasteiger partial charge in [0.2, 0.25) is 0 Å². The molecule has 0 spiro atoms. The Hall–Kier alpha value is -9.17. The number of hydrogen-bond donors (Lipinski definition) is 0. The zero-order chi connectivity index (χ0) is 45.9. The molecule has 0 N–H and O–H groups in total. The Bertz CT molecular complexity index is 4600. The van der Waals surface area contributed by atoms with E-state index >= 15 is 0 Å². The molecule has 326 valence electrons. The largest absolute Gasteiger partial charge is 0.456 e. The Morgan fingerprint density at radius 2 is 0.943 bits per heavy atom. The van der Waals surface area contributed by atoms with Crippen LogP contribution < -0.4 is 0 Å². The summed E-state index contributed by atoms with van der Waals surface area (Å²) in [6.07, 6.45) is 0. The molecule has 15 rings (SSSR count). The summed E-state index contributed by atoms with van der Waals surface area (Å²) < 4.78 is 17.8. The van der Waals surface area contributed by atoms with Crippen LogP contribution in [0.3, 0.4) is 0 Å². The van der Waals surface area contributed by atoms with E-state index in [2.05, 4.69) is 168 Å². The highest BCUT2D eigenvalue weighted by Gasteiger charge is 2.21. The molecule has 0 saturated heterocycles. The molecule has 5 aromatic heterocycles. The van der Waals surface area contributed by atoms with Gasteiger partial charge < -0.3 is 13.4 Å². The van der Waals surface area contributed by atoms with Crippen LogP contribution in [0.5, 0.6) is 0 Å². The van der Waals surface area contributed by atoms with Gasteiger partial charge in [0, 0.05) is 80.4 Å². The van der Waals surface area contributed by atoms with E-state index in [1.54, 1.807) is 11.3 Å². The van der Waals surface area contributed by atoms with Crippen LogP contribution in [0.4, 0.5) is 0 Å². The predicted octanol–water partition coefficient (Wildman–Crippen LogP) is 17.5. The first-order valence-electron chi connectivity index (χ1n) is 23.4. The third kappa shape index (κ3) is 6.02. The standard InChI is InChI=1S/C63H36N4O2S/c1-2-12-38(13-3-1)61-64-62(41-26-31-47-46-16-6-9-23-57(46)70-58(47)36-41)66-63(65-61)49-19-11-22-56-59(49)51-35-40(28-33-55(51)68-56)39-27-32-53-50(34-39)44-14-4-7-20-52(44)67(53)42-29-24-37(25-30-42)43-17-10-18-48-45-15-5-8-21-54(45)69-60(43)48/h1-36H. The minimum atomic E-state index is 0.591. The summed E-state index contributed by atoms with van der Waals surface area (Å²) in [5, 5.41) is 9.09. The van der Waals surface area contributed by atoms with Gasteiger partial charge in [0.1, 0.15) is 22.3 Å². The average Bonchev–Trinajstić information content (AvgIpc) is 4.19. The SMILES string of the molecule is c1ccc(-c2nc(-c3ccc4c(c3)sc3ccccc34)nc(-c3cccc4oc5ccc(-c6ccc7c(c6)c6ccccc6n7-c6ccc(-c7cccc8c7oc7ccccc78)cc6)cc5c34)n2)cc1. The van der Waals surface area contributed by atoms with Crippen LogP contribution in [-0.2, 0) is 0 Å². The van der Waals surface area contributed by atoms with Gasteiger partial charge in [-0.3, -0.25) is 0 Å². The van der Waals surface area contributed by atoms with Crippen LogP contribution in [0.1, 0.15) is 0 Å². The Morgan fingerprint density at radius 3 is 1.83 bits per heavy atom. The van der Waals surface area contributed by atoms with E-state index in [4.69, 9.17) is 23.8 Å². The van der Waals surface area contributed by atoms with E-state index in [1.807, 2.05) is 54.6 Å². The molecule has 5 heterocycles. The van der Waals surface area contributed by atoms with Crippen molar-refractivity contribution in [2.45, 2.75) is 0 Å². The van der Waals surface area contributed by atoms with Gasteiger partial charge >= 0.3 is 0 Å². The zero-order valence-electron chi connectivity index (χ0n) is 37.3. The van der Waals surface area contributed by atoms with E-state index in [0.29, 0.717) is 17.5 Å². The number of para-hydroxylation sites is 3. The molecule has 0 aliphatic heterocycles. The van der Waals surface area contributed by atoms with Crippen LogP contribution in [0.15, 0.2) is 227 Å². The van der Waals surface area contributed by atoms with Crippen LogP contribution >= 0.6 is 11.3 Å². The Kier molecular flexibility index (Phi) is 8.43. The van der Waals surface area contributed by atoms with Crippen molar-refractivity contribution in [3.05, 3.63) is 218 Å². The maximum atomic E-state index is 6.59. The predicted molar refractivity (Wildman–Crippen MR) is 289 cm³/mol. The van der Waals surface area contributed by atoms with Gasteiger partial charge in [-0.05, 0) is 83.4 Å². The number of aromatic nitrogens is 4. The Balaban J connectivity index is 0.841. The maximum absolute atomic E-state index is 6.59. The molecule has 7 heteroatoms. The molecule has 0 aliphatic rings. The zero-order valence-corrected chi connectivity index (χ0v) is 38.1. The number of rotatable bonds is 6. The summed E-state index contributed by atoms with van der Waals surface area (Å²) in [7, 11) is 0. The van der Waals surface area contributed by atoms with E-state index < -0.39 is 0 Å². The summed E-state index contributed by atoms with van der Waals surface area (Å²) in [6.45, 7) is 0. The van der Waals surface area contributed by atoms with E-state index in [0.717, 1.165) is 99.5 Å². The summed E-state index contributed by atoms with van der Waals surface area (Å²) in [6, 6.07) is 76.9. The normalized spacial score (nSPS) is 12.0. The van der Waals surface area contributed by atoms with Crippen molar-refractivity contribution in [1.82, 2.24) is 19.5 Å². The second-order valence-corrected chi connectivity index (χ2v) is 19.0. The molecular weight excluding hydrogens is 877 g/mol. The first-order valence-corrected chi connectivity index (χ1v) is 24.2. The van der Waals surface area contributed by atoms with Crippen molar-refractivity contribution in [3.8, 4) is 62.1 Å². The summed E-state index contributed by atoms with van der Waals surface area (Å²) in [4.78, 5) is 15.5. The molecule has 15 aromatic rings. The smallest absolute Gasteiger partial charge is 0.164 e. The summed E-state index contributed by atoms with van der Waals surface area (Å²) >= 11 is 1.79. The number of benzene rings is 10. The van der Waals surface area contributed by atoms with E-state index in [-0.39, 0.29) is 0 Å². The fraction of sp³-hybridized carbons (Fsp3) is 0. The Labute approximate surface area is 404 Å². The van der Waals surface area contributed by atoms with Crippen LogP contribution in [0, 0.1) is 0 Å². The molecule has 0 atom stereocenters. The molecular formula is C63H36N4O2S.